The molecule has 0 saturated heterocycles. The Balaban J connectivity index is 0.00000154. The molecule has 1 fully saturated rings. The molecular weight excluding hydrogens is 244 g/mol. The first-order chi connectivity index (χ1) is 9.27. The van der Waals surface area contributed by atoms with Crippen LogP contribution in [0.4, 0.5) is 0 Å². The molecule has 1 aliphatic rings. The quantitative estimate of drug-likeness (QED) is 0.339. The van der Waals surface area contributed by atoms with Crippen LogP contribution in [-0.4, -0.2) is 23.8 Å². The molecule has 0 aromatic rings. The van der Waals surface area contributed by atoms with Gasteiger partial charge in [-0.1, -0.05) is 43.3 Å². The molecule has 0 heterocycles. The van der Waals surface area contributed by atoms with Crippen LogP contribution in [0, 0.1) is 5.92 Å². The van der Waals surface area contributed by atoms with Crippen LogP contribution in [0.3, 0.4) is 0 Å². The molecule has 1 rings (SSSR count). The molecule has 0 aromatic carbocycles. The average molecular weight is 268 g/mol. The summed E-state index contributed by atoms with van der Waals surface area (Å²) in [6.07, 6.45) is 5.11. The Labute approximate surface area is 114 Å². The van der Waals surface area contributed by atoms with E-state index in [9.17, 15) is 5.11 Å². The van der Waals surface area contributed by atoms with Crippen molar-refractivity contribution in [3.63, 3.8) is 0 Å². The molecule has 7 heteroatoms. The van der Waals surface area contributed by atoms with Crippen LogP contribution < -0.4 is 0 Å². The minimum Gasteiger partial charge on any atom is -0.393 e. The highest BCUT2D eigenvalue weighted by Crippen LogP contribution is 2.29. The first kappa shape index (κ1) is 17.6. The maximum absolute atomic E-state index is 9.71. The van der Waals surface area contributed by atoms with Crippen molar-refractivity contribution in [2.24, 2.45) is 16.1 Å². The van der Waals surface area contributed by atoms with Crippen molar-refractivity contribution >= 4 is 0 Å². The summed E-state index contributed by atoms with van der Waals surface area (Å²) >= 11 is 0. The van der Waals surface area contributed by atoms with Crippen LogP contribution in [-0.2, 0) is 0 Å². The van der Waals surface area contributed by atoms with E-state index < -0.39 is 6.10 Å². The zero-order valence-electron chi connectivity index (χ0n) is 11.8. The minimum atomic E-state index is -0.634. The Bertz CT molecular complexity index is 322. The van der Waals surface area contributed by atoms with E-state index in [1.165, 1.54) is 0 Å². The second-order valence-electron chi connectivity index (χ2n) is 4.47. The van der Waals surface area contributed by atoms with Crippen LogP contribution in [0.15, 0.2) is 10.2 Å². The molecule has 0 aliphatic heterocycles. The Morgan fingerprint density at radius 2 is 1.84 bits per heavy atom. The Morgan fingerprint density at radius 3 is 2.47 bits per heavy atom. The largest absolute Gasteiger partial charge is 0.393 e. The number of aliphatic hydroxyl groups excluding tert-OH is 1. The van der Waals surface area contributed by atoms with Crippen molar-refractivity contribution in [3.05, 3.63) is 20.9 Å². The van der Waals surface area contributed by atoms with Gasteiger partial charge in [-0.25, -0.2) is 0 Å². The van der Waals surface area contributed by atoms with Crippen LogP contribution in [0.2, 0.25) is 0 Å². The third-order valence-corrected chi connectivity index (χ3v) is 3.25. The minimum absolute atomic E-state index is 0.0248. The molecular formula is C12H24N6O. The number of rotatable bonds is 5. The van der Waals surface area contributed by atoms with Crippen LogP contribution in [0.1, 0.15) is 52.4 Å². The van der Waals surface area contributed by atoms with Gasteiger partial charge < -0.3 is 5.11 Å². The van der Waals surface area contributed by atoms with E-state index in [1.807, 2.05) is 13.8 Å². The van der Waals surface area contributed by atoms with Gasteiger partial charge in [-0.05, 0) is 36.2 Å². The van der Waals surface area contributed by atoms with Crippen molar-refractivity contribution in [1.29, 1.82) is 0 Å². The van der Waals surface area contributed by atoms with Crippen molar-refractivity contribution in [1.82, 2.24) is 0 Å². The van der Waals surface area contributed by atoms with Crippen molar-refractivity contribution in [2.45, 2.75) is 64.5 Å². The Morgan fingerprint density at radius 1 is 1.16 bits per heavy atom. The Hall–Kier alpha value is -1.42. The molecule has 3 atom stereocenters. The van der Waals surface area contributed by atoms with Gasteiger partial charge in [-0.2, -0.15) is 0 Å². The highest BCUT2D eigenvalue weighted by molar-refractivity contribution is 4.82. The molecule has 0 unspecified atom stereocenters. The molecule has 0 amide bonds. The SMILES string of the molecule is CC.[N-]=[N+]=NC[C@@H](O)C[C@@H]1CCCCC[C@H]1N=[N+]=[N-]. The van der Waals surface area contributed by atoms with E-state index in [1.54, 1.807) is 0 Å². The van der Waals surface area contributed by atoms with Crippen molar-refractivity contribution in [2.75, 3.05) is 6.54 Å². The molecule has 7 nitrogen and oxygen atoms in total. The molecule has 1 saturated carbocycles. The van der Waals surface area contributed by atoms with Gasteiger partial charge in [0.05, 0.1) is 12.6 Å². The lowest BCUT2D eigenvalue weighted by Gasteiger charge is -2.22. The van der Waals surface area contributed by atoms with Crippen LogP contribution >= 0.6 is 0 Å². The van der Waals surface area contributed by atoms with Gasteiger partial charge in [0.2, 0.25) is 0 Å². The predicted molar refractivity (Wildman–Crippen MR) is 75.5 cm³/mol. The van der Waals surface area contributed by atoms with E-state index in [-0.39, 0.29) is 18.5 Å². The van der Waals surface area contributed by atoms with E-state index in [4.69, 9.17) is 11.1 Å². The highest BCUT2D eigenvalue weighted by atomic mass is 16.3. The second kappa shape index (κ2) is 11.7. The molecule has 0 radical (unpaired) electrons. The smallest absolute Gasteiger partial charge is 0.0599 e. The first-order valence-electron chi connectivity index (χ1n) is 7.01. The number of aliphatic hydroxyl groups is 1. The fraction of sp³-hybridized carbons (Fsp3) is 1.00. The third-order valence-electron chi connectivity index (χ3n) is 3.25. The molecule has 1 N–H and O–H groups in total. The predicted octanol–water partition coefficient (Wildman–Crippen LogP) is 4.33. The maximum atomic E-state index is 9.71. The van der Waals surface area contributed by atoms with Crippen molar-refractivity contribution in [3.8, 4) is 0 Å². The van der Waals surface area contributed by atoms with E-state index >= 15 is 0 Å². The topological polar surface area (TPSA) is 118 Å². The van der Waals surface area contributed by atoms with Gasteiger partial charge in [0.25, 0.3) is 0 Å². The van der Waals surface area contributed by atoms with Crippen LogP contribution in [0.5, 0.6) is 0 Å². The fourth-order valence-corrected chi connectivity index (χ4v) is 2.41. The van der Waals surface area contributed by atoms with E-state index in [0.717, 1.165) is 32.1 Å². The highest BCUT2D eigenvalue weighted by Gasteiger charge is 2.24. The average Bonchev–Trinajstić information content (AvgIpc) is 2.65. The van der Waals surface area contributed by atoms with E-state index in [0.29, 0.717) is 6.42 Å². The third kappa shape index (κ3) is 7.57. The monoisotopic (exact) mass is 268 g/mol. The molecule has 0 spiro atoms. The van der Waals surface area contributed by atoms with Crippen LogP contribution in [0.25, 0.3) is 20.9 Å². The van der Waals surface area contributed by atoms with Gasteiger partial charge in [-0.3, -0.25) is 0 Å². The maximum Gasteiger partial charge on any atom is 0.0599 e. The second-order valence-corrected chi connectivity index (χ2v) is 4.47. The normalized spacial score (nSPS) is 23.7. The summed E-state index contributed by atoms with van der Waals surface area (Å²) in [4.78, 5) is 5.51. The zero-order chi connectivity index (χ0) is 14.5. The van der Waals surface area contributed by atoms with Gasteiger partial charge in [0.15, 0.2) is 0 Å². The summed E-state index contributed by atoms with van der Waals surface area (Å²) in [6, 6.07) is -0.0248. The first-order valence-corrected chi connectivity index (χ1v) is 7.01. The summed E-state index contributed by atoms with van der Waals surface area (Å²) in [5.74, 6) is 0.206. The summed E-state index contributed by atoms with van der Waals surface area (Å²) in [5.41, 5.74) is 16.7. The molecule has 1 aliphatic carbocycles. The number of azide groups is 2. The lowest BCUT2D eigenvalue weighted by Crippen LogP contribution is -2.24. The van der Waals surface area contributed by atoms with Gasteiger partial charge in [0.1, 0.15) is 0 Å². The van der Waals surface area contributed by atoms with Gasteiger partial charge in [0, 0.05) is 15.9 Å². The summed E-state index contributed by atoms with van der Waals surface area (Å²) in [6.45, 7) is 4.09. The fourth-order valence-electron chi connectivity index (χ4n) is 2.41. The number of hydrogen-bond donors (Lipinski definition) is 1. The number of hydrogen-bond acceptors (Lipinski definition) is 3. The summed E-state index contributed by atoms with van der Waals surface area (Å²) in [5, 5.41) is 16.9. The lowest BCUT2D eigenvalue weighted by molar-refractivity contribution is 0.139. The summed E-state index contributed by atoms with van der Waals surface area (Å²) < 4.78 is 0. The number of nitrogens with zero attached hydrogens (tertiary/aromatic N) is 6. The molecule has 0 bridgehead atoms. The molecule has 19 heavy (non-hydrogen) atoms. The summed E-state index contributed by atoms with van der Waals surface area (Å²) in [7, 11) is 0. The van der Waals surface area contributed by atoms with E-state index in [2.05, 4.69) is 20.1 Å². The standard InChI is InChI=1S/C10H18N6O.C2H6/c11-15-13-7-9(17)6-8-4-2-1-3-5-10(8)14-16-12;1-2/h8-10,17H,1-7H2;1-2H3/t8-,9-,10+;/m0./s1. The van der Waals surface area contributed by atoms with Gasteiger partial charge in [-0.15, -0.1) is 0 Å². The molecule has 108 valence electrons. The Kier molecular flexibility index (Phi) is 10.8. The zero-order valence-corrected chi connectivity index (χ0v) is 11.8. The van der Waals surface area contributed by atoms with Crippen molar-refractivity contribution < 1.29 is 5.11 Å². The lowest BCUT2D eigenvalue weighted by atomic mass is 9.90. The van der Waals surface area contributed by atoms with Gasteiger partial charge >= 0.3 is 0 Å². The molecule has 0 aromatic heterocycles.